The lowest BCUT2D eigenvalue weighted by Crippen LogP contribution is -2.28. The molecule has 3 heteroatoms. The molecule has 3 nitrogen and oxygen atoms in total. The maximum atomic E-state index is 8.87. The number of piperidine rings is 1. The van der Waals surface area contributed by atoms with Gasteiger partial charge >= 0.3 is 0 Å². The SMILES string of the molecule is Cc1ccc(/C(=C/C=C(C#N)C#N)N2CCCCC2)cc1. The van der Waals surface area contributed by atoms with Gasteiger partial charge < -0.3 is 4.90 Å². The normalized spacial score (nSPS) is 15.0. The molecule has 0 amide bonds. The molecule has 106 valence electrons. The first-order chi connectivity index (χ1) is 10.2. The maximum Gasteiger partial charge on any atom is 0.129 e. The molecule has 1 aromatic rings. The van der Waals surface area contributed by atoms with Crippen LogP contribution in [-0.2, 0) is 0 Å². The Bertz CT molecular complexity index is 602. The predicted octanol–water partition coefficient (Wildman–Crippen LogP) is 3.80. The zero-order chi connectivity index (χ0) is 15.1. The van der Waals surface area contributed by atoms with Gasteiger partial charge in [-0.1, -0.05) is 29.8 Å². The molecule has 1 aliphatic rings. The molecular formula is C18H19N3. The fourth-order valence-electron chi connectivity index (χ4n) is 2.51. The summed E-state index contributed by atoms with van der Waals surface area (Å²) in [5.74, 6) is 0. The lowest BCUT2D eigenvalue weighted by Gasteiger charge is -2.31. The van der Waals surface area contributed by atoms with Crippen molar-refractivity contribution in [3.8, 4) is 12.1 Å². The van der Waals surface area contributed by atoms with Gasteiger partial charge in [-0.05, 0) is 43.9 Å². The van der Waals surface area contributed by atoms with Crippen LogP contribution < -0.4 is 0 Å². The van der Waals surface area contributed by atoms with Gasteiger partial charge in [0, 0.05) is 18.8 Å². The lowest BCUT2D eigenvalue weighted by molar-refractivity contribution is 0.326. The Hall–Kier alpha value is -2.52. The highest BCUT2D eigenvalue weighted by Gasteiger charge is 2.14. The van der Waals surface area contributed by atoms with Crippen LogP contribution in [0, 0.1) is 29.6 Å². The highest BCUT2D eigenvalue weighted by molar-refractivity contribution is 5.66. The summed E-state index contributed by atoms with van der Waals surface area (Å²) < 4.78 is 0. The maximum absolute atomic E-state index is 8.87. The minimum Gasteiger partial charge on any atom is -0.371 e. The number of allylic oxidation sites excluding steroid dienone is 3. The minimum atomic E-state index is 0.136. The van der Waals surface area contributed by atoms with E-state index >= 15 is 0 Å². The largest absolute Gasteiger partial charge is 0.371 e. The van der Waals surface area contributed by atoms with E-state index in [1.54, 1.807) is 6.08 Å². The van der Waals surface area contributed by atoms with Crippen molar-refractivity contribution in [3.05, 3.63) is 53.1 Å². The Morgan fingerprint density at radius 2 is 1.62 bits per heavy atom. The Labute approximate surface area is 126 Å². The smallest absolute Gasteiger partial charge is 0.129 e. The van der Waals surface area contributed by atoms with Crippen molar-refractivity contribution >= 4 is 5.70 Å². The van der Waals surface area contributed by atoms with Crippen LogP contribution in [0.1, 0.15) is 30.4 Å². The monoisotopic (exact) mass is 277 g/mol. The van der Waals surface area contributed by atoms with Crippen molar-refractivity contribution < 1.29 is 0 Å². The van der Waals surface area contributed by atoms with E-state index in [2.05, 4.69) is 36.1 Å². The van der Waals surface area contributed by atoms with Crippen molar-refractivity contribution in [3.63, 3.8) is 0 Å². The van der Waals surface area contributed by atoms with Crippen molar-refractivity contribution in [1.29, 1.82) is 10.5 Å². The zero-order valence-corrected chi connectivity index (χ0v) is 12.3. The average molecular weight is 277 g/mol. The van der Waals surface area contributed by atoms with Crippen LogP contribution in [-0.4, -0.2) is 18.0 Å². The molecule has 1 aromatic carbocycles. The molecule has 0 bridgehead atoms. The van der Waals surface area contributed by atoms with Gasteiger partial charge in [-0.3, -0.25) is 0 Å². The summed E-state index contributed by atoms with van der Waals surface area (Å²) in [6.07, 6.45) is 7.17. The van der Waals surface area contributed by atoms with E-state index in [9.17, 15) is 0 Å². The number of rotatable bonds is 3. The standard InChI is InChI=1S/C18H19N3/c1-15-5-8-17(9-6-15)18(10-7-16(13-19)14-20)21-11-3-2-4-12-21/h5-10H,2-4,11-12H2,1H3/b18-10-. The molecule has 0 aromatic heterocycles. The highest BCUT2D eigenvalue weighted by Crippen LogP contribution is 2.24. The summed E-state index contributed by atoms with van der Waals surface area (Å²) in [4.78, 5) is 2.34. The fourth-order valence-corrected chi connectivity index (χ4v) is 2.51. The Morgan fingerprint density at radius 1 is 1.00 bits per heavy atom. The predicted molar refractivity (Wildman–Crippen MR) is 83.9 cm³/mol. The van der Waals surface area contributed by atoms with Gasteiger partial charge in [0.05, 0.1) is 0 Å². The summed E-state index contributed by atoms with van der Waals surface area (Å²) in [5.41, 5.74) is 3.59. The van der Waals surface area contributed by atoms with E-state index in [4.69, 9.17) is 10.5 Å². The molecule has 0 spiro atoms. The van der Waals surface area contributed by atoms with Crippen LogP contribution in [0.2, 0.25) is 0 Å². The number of nitrogens with zero attached hydrogens (tertiary/aromatic N) is 3. The van der Waals surface area contributed by atoms with Crippen LogP contribution >= 0.6 is 0 Å². The van der Waals surface area contributed by atoms with Crippen LogP contribution in [0.25, 0.3) is 5.70 Å². The van der Waals surface area contributed by atoms with Crippen LogP contribution in [0.15, 0.2) is 42.0 Å². The van der Waals surface area contributed by atoms with E-state index in [1.165, 1.54) is 24.8 Å². The van der Waals surface area contributed by atoms with Crippen molar-refractivity contribution in [2.75, 3.05) is 13.1 Å². The first-order valence-electron chi connectivity index (χ1n) is 7.29. The summed E-state index contributed by atoms with van der Waals surface area (Å²) in [7, 11) is 0. The molecule has 0 N–H and O–H groups in total. The van der Waals surface area contributed by atoms with Gasteiger partial charge in [-0.25, -0.2) is 0 Å². The molecule has 1 saturated heterocycles. The average Bonchev–Trinajstić information content (AvgIpc) is 2.54. The molecular weight excluding hydrogens is 258 g/mol. The number of hydrogen-bond acceptors (Lipinski definition) is 3. The molecule has 0 aliphatic carbocycles. The van der Waals surface area contributed by atoms with E-state index in [1.807, 2.05) is 18.2 Å². The van der Waals surface area contributed by atoms with Crippen molar-refractivity contribution in [1.82, 2.24) is 4.90 Å². The summed E-state index contributed by atoms with van der Waals surface area (Å²) in [5, 5.41) is 17.7. The van der Waals surface area contributed by atoms with E-state index < -0.39 is 0 Å². The van der Waals surface area contributed by atoms with Gasteiger partial charge in [0.25, 0.3) is 0 Å². The van der Waals surface area contributed by atoms with Crippen LogP contribution in [0.5, 0.6) is 0 Å². The number of benzene rings is 1. The van der Waals surface area contributed by atoms with Gasteiger partial charge in [-0.15, -0.1) is 0 Å². The first-order valence-corrected chi connectivity index (χ1v) is 7.29. The highest BCUT2D eigenvalue weighted by atomic mass is 15.1. The van der Waals surface area contributed by atoms with E-state index in [-0.39, 0.29) is 5.57 Å². The topological polar surface area (TPSA) is 50.8 Å². The second-order valence-corrected chi connectivity index (χ2v) is 5.27. The summed E-state index contributed by atoms with van der Waals surface area (Å²) >= 11 is 0. The Kier molecular flexibility index (Phi) is 5.18. The van der Waals surface area contributed by atoms with Gasteiger partial charge in [0.1, 0.15) is 17.7 Å². The lowest BCUT2D eigenvalue weighted by atomic mass is 10.0. The summed E-state index contributed by atoms with van der Waals surface area (Å²) in [6, 6.07) is 12.2. The molecule has 0 radical (unpaired) electrons. The molecule has 21 heavy (non-hydrogen) atoms. The summed E-state index contributed by atoms with van der Waals surface area (Å²) in [6.45, 7) is 4.13. The van der Waals surface area contributed by atoms with Gasteiger partial charge in [0.15, 0.2) is 0 Å². The number of hydrogen-bond donors (Lipinski definition) is 0. The molecule has 1 fully saturated rings. The number of likely N-dealkylation sites (tertiary alicyclic amines) is 1. The third-order valence-electron chi connectivity index (χ3n) is 3.69. The quantitative estimate of drug-likeness (QED) is 0.624. The fraction of sp³-hybridized carbons (Fsp3) is 0.333. The molecule has 1 aliphatic heterocycles. The zero-order valence-electron chi connectivity index (χ0n) is 12.3. The number of nitriles is 2. The van der Waals surface area contributed by atoms with E-state index in [0.29, 0.717) is 0 Å². The molecule has 2 rings (SSSR count). The van der Waals surface area contributed by atoms with Crippen LogP contribution in [0.4, 0.5) is 0 Å². The van der Waals surface area contributed by atoms with Crippen molar-refractivity contribution in [2.24, 2.45) is 0 Å². The third kappa shape index (κ3) is 3.97. The first kappa shape index (κ1) is 14.9. The Balaban J connectivity index is 2.37. The van der Waals surface area contributed by atoms with Crippen LogP contribution in [0.3, 0.4) is 0 Å². The number of aryl methyl sites for hydroxylation is 1. The second kappa shape index (κ2) is 7.31. The van der Waals surface area contributed by atoms with E-state index in [0.717, 1.165) is 24.4 Å². The second-order valence-electron chi connectivity index (χ2n) is 5.27. The molecule has 1 heterocycles. The molecule has 0 saturated carbocycles. The Morgan fingerprint density at radius 3 is 2.19 bits per heavy atom. The van der Waals surface area contributed by atoms with Gasteiger partial charge in [0.2, 0.25) is 0 Å². The third-order valence-corrected chi connectivity index (χ3v) is 3.69. The van der Waals surface area contributed by atoms with Gasteiger partial charge in [-0.2, -0.15) is 10.5 Å². The minimum absolute atomic E-state index is 0.136. The molecule has 0 unspecified atom stereocenters. The molecule has 0 atom stereocenters. The van der Waals surface area contributed by atoms with Crippen molar-refractivity contribution in [2.45, 2.75) is 26.2 Å².